The van der Waals surface area contributed by atoms with Crippen molar-refractivity contribution >= 4 is 11.9 Å². The Hall–Kier alpha value is -2.83. The van der Waals surface area contributed by atoms with Crippen LogP contribution in [0.25, 0.3) is 0 Å². The van der Waals surface area contributed by atoms with Crippen molar-refractivity contribution in [2.45, 2.75) is 26.3 Å². The third kappa shape index (κ3) is 4.04. The van der Waals surface area contributed by atoms with Crippen molar-refractivity contribution in [3.05, 3.63) is 58.8 Å². The summed E-state index contributed by atoms with van der Waals surface area (Å²) in [4.78, 5) is 26.2. The zero-order chi connectivity index (χ0) is 18.7. The van der Waals surface area contributed by atoms with Gasteiger partial charge >= 0.3 is 6.03 Å². The van der Waals surface area contributed by atoms with Crippen LogP contribution in [0.1, 0.15) is 27.4 Å². The van der Waals surface area contributed by atoms with Crippen LogP contribution < -0.4 is 10.6 Å². The molecule has 0 saturated carbocycles. The van der Waals surface area contributed by atoms with E-state index >= 15 is 0 Å². The highest BCUT2D eigenvalue weighted by Crippen LogP contribution is 2.15. The van der Waals surface area contributed by atoms with Gasteiger partial charge in [-0.3, -0.25) is 4.79 Å². The number of amides is 3. The first-order valence-electron chi connectivity index (χ1n) is 8.58. The van der Waals surface area contributed by atoms with Crippen LogP contribution in [0.5, 0.6) is 0 Å². The largest absolute Gasteiger partial charge is 0.466 e. The minimum Gasteiger partial charge on any atom is -0.466 e. The molecule has 1 unspecified atom stereocenters. The van der Waals surface area contributed by atoms with Crippen LogP contribution in [-0.4, -0.2) is 42.5 Å². The van der Waals surface area contributed by atoms with E-state index in [0.29, 0.717) is 36.6 Å². The van der Waals surface area contributed by atoms with Gasteiger partial charge in [-0.05, 0) is 44.0 Å². The molecule has 1 aliphatic rings. The molecule has 3 amide bonds. The summed E-state index contributed by atoms with van der Waals surface area (Å²) >= 11 is 0. The van der Waals surface area contributed by atoms with Crippen LogP contribution in [0.2, 0.25) is 0 Å². The molecule has 1 aromatic heterocycles. The summed E-state index contributed by atoms with van der Waals surface area (Å²) in [6, 6.07) is 7.54. The van der Waals surface area contributed by atoms with E-state index in [1.165, 1.54) is 12.1 Å². The summed E-state index contributed by atoms with van der Waals surface area (Å²) in [5.74, 6) is 0.660. The summed E-state index contributed by atoms with van der Waals surface area (Å²) in [5.41, 5.74) is 1.26. The number of carbonyl (C=O) groups is 2. The molecule has 1 aromatic carbocycles. The fourth-order valence-electron chi connectivity index (χ4n) is 3.23. The van der Waals surface area contributed by atoms with Crippen LogP contribution >= 0.6 is 0 Å². The Balaban J connectivity index is 1.72. The van der Waals surface area contributed by atoms with Gasteiger partial charge in [-0.1, -0.05) is 12.1 Å². The summed E-state index contributed by atoms with van der Waals surface area (Å²) in [6.07, 6.45) is 0.453. The molecule has 2 heterocycles. The number of aryl methyl sites for hydroxylation is 2. The number of furan rings is 1. The molecule has 3 rings (SSSR count). The van der Waals surface area contributed by atoms with Gasteiger partial charge in [-0.25, -0.2) is 9.18 Å². The van der Waals surface area contributed by atoms with Gasteiger partial charge < -0.3 is 20.0 Å². The number of rotatable bonds is 6. The number of hydrogen-bond acceptors (Lipinski definition) is 3. The fourth-order valence-corrected chi connectivity index (χ4v) is 3.23. The highest BCUT2D eigenvalue weighted by Gasteiger charge is 2.28. The Bertz CT molecular complexity index is 818. The van der Waals surface area contributed by atoms with E-state index in [1.807, 2.05) is 6.07 Å². The maximum absolute atomic E-state index is 13.5. The molecule has 138 valence electrons. The maximum Gasteiger partial charge on any atom is 0.317 e. The van der Waals surface area contributed by atoms with E-state index in [-0.39, 0.29) is 30.3 Å². The third-order valence-corrected chi connectivity index (χ3v) is 4.47. The van der Waals surface area contributed by atoms with E-state index in [4.69, 9.17) is 4.42 Å². The van der Waals surface area contributed by atoms with Gasteiger partial charge in [-0.15, -0.1) is 0 Å². The van der Waals surface area contributed by atoms with Gasteiger partial charge in [-0.2, -0.15) is 0 Å². The molecule has 0 radical (unpaired) electrons. The molecule has 1 saturated heterocycles. The van der Waals surface area contributed by atoms with E-state index in [0.717, 1.165) is 5.56 Å². The second kappa shape index (κ2) is 7.59. The number of urea groups is 1. The molecule has 6 nitrogen and oxygen atoms in total. The van der Waals surface area contributed by atoms with E-state index in [9.17, 15) is 14.0 Å². The standard InChI is InChI=1S/C19H22FN3O3/c1-12-8-17(13(2)26-12)18(24)22-11-16(23-7-6-21-19(23)25)10-14-4-3-5-15(20)9-14/h3-5,8-9,16H,6-7,10-11H2,1-2H3,(H,21,25)(H,22,24). The molecular formula is C19H22FN3O3. The minimum atomic E-state index is -0.319. The van der Waals surface area contributed by atoms with Crippen LogP contribution in [0.3, 0.4) is 0 Å². The summed E-state index contributed by atoms with van der Waals surface area (Å²) in [5, 5.41) is 5.64. The zero-order valence-electron chi connectivity index (χ0n) is 14.8. The second-order valence-electron chi connectivity index (χ2n) is 6.45. The molecule has 1 fully saturated rings. The summed E-state index contributed by atoms with van der Waals surface area (Å²) < 4.78 is 18.9. The highest BCUT2D eigenvalue weighted by atomic mass is 19.1. The van der Waals surface area contributed by atoms with Crippen molar-refractivity contribution in [1.29, 1.82) is 0 Å². The van der Waals surface area contributed by atoms with Gasteiger partial charge in [0, 0.05) is 19.6 Å². The van der Waals surface area contributed by atoms with Gasteiger partial charge in [0.15, 0.2) is 0 Å². The molecule has 0 aliphatic carbocycles. The molecule has 7 heteroatoms. The van der Waals surface area contributed by atoms with Crippen molar-refractivity contribution in [1.82, 2.24) is 15.5 Å². The van der Waals surface area contributed by atoms with Gasteiger partial charge in [0.2, 0.25) is 0 Å². The predicted octanol–water partition coefficient (Wildman–Crippen LogP) is 2.40. The molecule has 0 bridgehead atoms. The first-order chi connectivity index (χ1) is 12.4. The maximum atomic E-state index is 13.5. The van der Waals surface area contributed by atoms with Gasteiger partial charge in [0.05, 0.1) is 11.6 Å². The lowest BCUT2D eigenvalue weighted by Gasteiger charge is -2.27. The van der Waals surface area contributed by atoms with Gasteiger partial charge in [0.25, 0.3) is 5.91 Å². The number of benzene rings is 1. The number of nitrogens with one attached hydrogen (secondary N) is 2. The Labute approximate surface area is 151 Å². The van der Waals surface area contributed by atoms with Crippen LogP contribution in [-0.2, 0) is 6.42 Å². The third-order valence-electron chi connectivity index (χ3n) is 4.47. The SMILES string of the molecule is Cc1cc(C(=O)NCC(Cc2cccc(F)c2)N2CCNC2=O)c(C)o1. The topological polar surface area (TPSA) is 74.6 Å². The smallest absolute Gasteiger partial charge is 0.317 e. The molecule has 26 heavy (non-hydrogen) atoms. The average molecular weight is 359 g/mol. The molecule has 1 aliphatic heterocycles. The highest BCUT2D eigenvalue weighted by molar-refractivity contribution is 5.95. The number of carbonyl (C=O) groups excluding carboxylic acids is 2. The summed E-state index contributed by atoms with van der Waals surface area (Å²) in [6.45, 7) is 4.91. The quantitative estimate of drug-likeness (QED) is 0.832. The van der Waals surface area contributed by atoms with Crippen LogP contribution in [0.4, 0.5) is 9.18 Å². The predicted molar refractivity (Wildman–Crippen MR) is 94.5 cm³/mol. The Kier molecular flexibility index (Phi) is 5.25. The summed E-state index contributed by atoms with van der Waals surface area (Å²) in [7, 11) is 0. The fraction of sp³-hybridized carbons (Fsp3) is 0.368. The minimum absolute atomic E-state index is 0.170. The lowest BCUT2D eigenvalue weighted by atomic mass is 10.0. The van der Waals surface area contributed by atoms with E-state index in [1.54, 1.807) is 30.9 Å². The normalized spacial score (nSPS) is 15.0. The second-order valence-corrected chi connectivity index (χ2v) is 6.45. The Morgan fingerprint density at radius 1 is 1.38 bits per heavy atom. The lowest BCUT2D eigenvalue weighted by Crippen LogP contribution is -2.46. The van der Waals surface area contributed by atoms with Gasteiger partial charge in [0.1, 0.15) is 17.3 Å². The molecular weight excluding hydrogens is 337 g/mol. The van der Waals surface area contributed by atoms with Crippen molar-refractivity contribution in [2.24, 2.45) is 0 Å². The van der Waals surface area contributed by atoms with Crippen molar-refractivity contribution in [3.8, 4) is 0 Å². The molecule has 2 aromatic rings. The number of nitrogens with zero attached hydrogens (tertiary/aromatic N) is 1. The monoisotopic (exact) mass is 359 g/mol. The first kappa shape index (κ1) is 18.0. The van der Waals surface area contributed by atoms with E-state index in [2.05, 4.69) is 10.6 Å². The molecule has 2 N–H and O–H groups in total. The number of hydrogen-bond donors (Lipinski definition) is 2. The zero-order valence-corrected chi connectivity index (χ0v) is 14.8. The number of halogens is 1. The Morgan fingerprint density at radius 3 is 2.81 bits per heavy atom. The van der Waals surface area contributed by atoms with Crippen LogP contribution in [0, 0.1) is 19.7 Å². The average Bonchev–Trinajstić information content (AvgIpc) is 3.16. The Morgan fingerprint density at radius 2 is 2.19 bits per heavy atom. The molecule has 1 atom stereocenters. The van der Waals surface area contributed by atoms with Crippen molar-refractivity contribution in [3.63, 3.8) is 0 Å². The van der Waals surface area contributed by atoms with E-state index < -0.39 is 0 Å². The molecule has 0 spiro atoms. The van der Waals surface area contributed by atoms with Crippen LogP contribution in [0.15, 0.2) is 34.7 Å². The van der Waals surface area contributed by atoms with Crippen molar-refractivity contribution in [2.75, 3.05) is 19.6 Å². The lowest BCUT2D eigenvalue weighted by molar-refractivity contribution is 0.0938. The van der Waals surface area contributed by atoms with Crippen molar-refractivity contribution < 1.29 is 18.4 Å². The first-order valence-corrected chi connectivity index (χ1v) is 8.58.